The molecule has 1 rings (SSSR count). The summed E-state index contributed by atoms with van der Waals surface area (Å²) in [5.41, 5.74) is 1.73. The summed E-state index contributed by atoms with van der Waals surface area (Å²) in [7, 11) is 1.34. The van der Waals surface area contributed by atoms with Crippen molar-refractivity contribution in [1.82, 2.24) is 0 Å². The van der Waals surface area contributed by atoms with E-state index >= 15 is 0 Å². The smallest absolute Gasteiger partial charge is 0.306 e. The highest BCUT2D eigenvalue weighted by Gasteiger charge is 2.08. The SMILES string of the molecule is COC(=O)CCSC(=O)c1cccc(C)c1. The van der Waals surface area contributed by atoms with E-state index in [1.165, 1.54) is 7.11 Å². The van der Waals surface area contributed by atoms with Crippen LogP contribution in [0.2, 0.25) is 0 Å². The van der Waals surface area contributed by atoms with Crippen molar-refractivity contribution in [2.24, 2.45) is 0 Å². The summed E-state index contributed by atoms with van der Waals surface area (Å²) in [5.74, 6) is 0.170. The van der Waals surface area contributed by atoms with Crippen molar-refractivity contribution in [3.05, 3.63) is 35.4 Å². The molecule has 0 aliphatic heterocycles. The number of carbonyl (C=O) groups excluding carboxylic acids is 2. The van der Waals surface area contributed by atoms with Gasteiger partial charge in [-0.05, 0) is 13.0 Å². The number of aryl methyl sites for hydroxylation is 1. The molecule has 0 atom stereocenters. The zero-order valence-corrected chi connectivity index (χ0v) is 10.2. The van der Waals surface area contributed by atoms with Crippen LogP contribution in [0, 0.1) is 6.92 Å². The second-order valence-electron chi connectivity index (χ2n) is 3.33. The van der Waals surface area contributed by atoms with E-state index in [0.29, 0.717) is 11.3 Å². The van der Waals surface area contributed by atoms with Crippen LogP contribution in [0.25, 0.3) is 0 Å². The van der Waals surface area contributed by atoms with Crippen LogP contribution in [-0.2, 0) is 9.53 Å². The van der Waals surface area contributed by atoms with Gasteiger partial charge in [0.15, 0.2) is 0 Å². The second-order valence-corrected chi connectivity index (χ2v) is 4.40. The van der Waals surface area contributed by atoms with Crippen LogP contribution in [0.3, 0.4) is 0 Å². The average molecular weight is 238 g/mol. The van der Waals surface area contributed by atoms with Crippen molar-refractivity contribution >= 4 is 22.8 Å². The Bertz CT molecular complexity index is 388. The van der Waals surface area contributed by atoms with Crippen LogP contribution in [0.15, 0.2) is 24.3 Å². The van der Waals surface area contributed by atoms with Gasteiger partial charge in [-0.15, -0.1) is 0 Å². The van der Waals surface area contributed by atoms with Crippen molar-refractivity contribution in [3.8, 4) is 0 Å². The van der Waals surface area contributed by atoms with E-state index in [1.807, 2.05) is 25.1 Å². The summed E-state index contributed by atoms with van der Waals surface area (Å²) in [6.07, 6.45) is 0.263. The van der Waals surface area contributed by atoms with Gasteiger partial charge in [-0.3, -0.25) is 9.59 Å². The maximum atomic E-state index is 11.7. The van der Waals surface area contributed by atoms with Gasteiger partial charge in [0.1, 0.15) is 0 Å². The fourth-order valence-corrected chi connectivity index (χ4v) is 1.93. The molecule has 0 aromatic heterocycles. The molecule has 0 radical (unpaired) electrons. The number of ether oxygens (including phenoxy) is 1. The summed E-state index contributed by atoms with van der Waals surface area (Å²) in [6, 6.07) is 7.41. The summed E-state index contributed by atoms with van der Waals surface area (Å²) in [4.78, 5) is 22.5. The molecule has 0 amide bonds. The first kappa shape index (κ1) is 12.8. The predicted octanol–water partition coefficient (Wildman–Crippen LogP) is 2.43. The van der Waals surface area contributed by atoms with Gasteiger partial charge in [0.25, 0.3) is 0 Å². The van der Waals surface area contributed by atoms with Crippen LogP contribution in [0.5, 0.6) is 0 Å². The lowest BCUT2D eigenvalue weighted by atomic mass is 10.2. The van der Waals surface area contributed by atoms with Crippen LogP contribution < -0.4 is 0 Å². The highest BCUT2D eigenvalue weighted by Crippen LogP contribution is 2.14. The molecular formula is C12H14O3S. The lowest BCUT2D eigenvalue weighted by molar-refractivity contribution is -0.140. The van der Waals surface area contributed by atoms with Gasteiger partial charge in [-0.2, -0.15) is 0 Å². The van der Waals surface area contributed by atoms with Crippen molar-refractivity contribution < 1.29 is 14.3 Å². The number of esters is 1. The molecule has 1 aromatic carbocycles. The topological polar surface area (TPSA) is 43.4 Å². The zero-order chi connectivity index (χ0) is 12.0. The Labute approximate surface area is 99.2 Å². The number of hydrogen-bond donors (Lipinski definition) is 0. The molecule has 0 saturated carbocycles. The van der Waals surface area contributed by atoms with Gasteiger partial charge in [0.05, 0.1) is 13.5 Å². The lowest BCUT2D eigenvalue weighted by Crippen LogP contribution is -2.03. The Hall–Kier alpha value is -1.29. The van der Waals surface area contributed by atoms with E-state index in [-0.39, 0.29) is 17.5 Å². The highest BCUT2D eigenvalue weighted by atomic mass is 32.2. The molecule has 0 N–H and O–H groups in total. The van der Waals surface area contributed by atoms with Gasteiger partial charge in [0, 0.05) is 11.3 Å². The molecule has 0 aliphatic rings. The Morgan fingerprint density at radius 2 is 2.12 bits per heavy atom. The number of benzene rings is 1. The van der Waals surface area contributed by atoms with Crippen LogP contribution in [-0.4, -0.2) is 23.9 Å². The van der Waals surface area contributed by atoms with Crippen LogP contribution >= 0.6 is 11.8 Å². The molecule has 16 heavy (non-hydrogen) atoms. The Kier molecular flexibility index (Phi) is 5.05. The summed E-state index contributed by atoms with van der Waals surface area (Å²) in [6.45, 7) is 1.94. The van der Waals surface area contributed by atoms with E-state index in [1.54, 1.807) is 6.07 Å². The van der Waals surface area contributed by atoms with E-state index in [0.717, 1.165) is 17.3 Å². The molecule has 0 bridgehead atoms. The molecule has 0 spiro atoms. The average Bonchev–Trinajstić information content (AvgIpc) is 2.28. The molecule has 0 fully saturated rings. The largest absolute Gasteiger partial charge is 0.469 e. The minimum absolute atomic E-state index is 0.00685. The van der Waals surface area contributed by atoms with Crippen molar-refractivity contribution in [1.29, 1.82) is 0 Å². The van der Waals surface area contributed by atoms with Crippen molar-refractivity contribution in [2.45, 2.75) is 13.3 Å². The van der Waals surface area contributed by atoms with Gasteiger partial charge in [-0.1, -0.05) is 35.5 Å². The molecule has 0 heterocycles. The van der Waals surface area contributed by atoms with E-state index < -0.39 is 0 Å². The van der Waals surface area contributed by atoms with Gasteiger partial charge >= 0.3 is 5.97 Å². The fraction of sp³-hybridized carbons (Fsp3) is 0.333. The molecule has 0 aliphatic carbocycles. The van der Waals surface area contributed by atoms with Crippen molar-refractivity contribution in [2.75, 3.05) is 12.9 Å². The monoisotopic (exact) mass is 238 g/mol. The van der Waals surface area contributed by atoms with E-state index in [9.17, 15) is 9.59 Å². The quantitative estimate of drug-likeness (QED) is 0.756. The minimum atomic E-state index is -0.287. The standard InChI is InChI=1S/C12H14O3S/c1-9-4-3-5-10(8-9)12(14)16-7-6-11(13)15-2/h3-5,8H,6-7H2,1-2H3. The fourth-order valence-electron chi connectivity index (χ4n) is 1.18. The third-order valence-electron chi connectivity index (χ3n) is 2.02. The summed E-state index contributed by atoms with van der Waals surface area (Å²) >= 11 is 1.14. The predicted molar refractivity (Wildman–Crippen MR) is 64.6 cm³/mol. The summed E-state index contributed by atoms with van der Waals surface area (Å²) in [5, 5.41) is -0.00685. The first-order valence-corrected chi connectivity index (χ1v) is 5.92. The van der Waals surface area contributed by atoms with E-state index in [2.05, 4.69) is 4.74 Å². The highest BCUT2D eigenvalue weighted by molar-refractivity contribution is 8.14. The number of carbonyl (C=O) groups is 2. The van der Waals surface area contributed by atoms with Crippen LogP contribution in [0.1, 0.15) is 22.3 Å². The third-order valence-corrected chi connectivity index (χ3v) is 2.93. The number of hydrogen-bond acceptors (Lipinski definition) is 4. The lowest BCUT2D eigenvalue weighted by Gasteiger charge is -2.01. The Morgan fingerprint density at radius 1 is 1.38 bits per heavy atom. The third kappa shape index (κ3) is 4.06. The number of methoxy groups -OCH3 is 1. The second kappa shape index (κ2) is 6.33. The van der Waals surface area contributed by atoms with Gasteiger partial charge < -0.3 is 4.74 Å². The van der Waals surface area contributed by atoms with Gasteiger partial charge in [-0.25, -0.2) is 0 Å². The van der Waals surface area contributed by atoms with Crippen molar-refractivity contribution in [3.63, 3.8) is 0 Å². The summed E-state index contributed by atoms with van der Waals surface area (Å²) < 4.78 is 4.49. The Balaban J connectivity index is 2.44. The molecule has 0 saturated heterocycles. The first-order chi connectivity index (χ1) is 7.63. The molecule has 1 aromatic rings. The number of thioether (sulfide) groups is 1. The molecule has 0 unspecified atom stereocenters. The van der Waals surface area contributed by atoms with Crippen LogP contribution in [0.4, 0.5) is 0 Å². The molecule has 4 heteroatoms. The minimum Gasteiger partial charge on any atom is -0.469 e. The molecule has 86 valence electrons. The molecule has 3 nitrogen and oxygen atoms in total. The molecular weight excluding hydrogens is 224 g/mol. The maximum Gasteiger partial charge on any atom is 0.306 e. The van der Waals surface area contributed by atoms with Gasteiger partial charge in [0.2, 0.25) is 5.12 Å². The first-order valence-electron chi connectivity index (χ1n) is 4.94. The Morgan fingerprint density at radius 3 is 2.75 bits per heavy atom. The normalized spacial score (nSPS) is 9.88. The zero-order valence-electron chi connectivity index (χ0n) is 9.36. The van der Waals surface area contributed by atoms with E-state index in [4.69, 9.17) is 0 Å². The maximum absolute atomic E-state index is 11.7. The number of rotatable bonds is 4.